The van der Waals surface area contributed by atoms with Gasteiger partial charge in [-0.3, -0.25) is 14.4 Å². The highest BCUT2D eigenvalue weighted by molar-refractivity contribution is 6.32. The first-order valence-corrected chi connectivity index (χ1v) is 16.0. The molecule has 2 aliphatic heterocycles. The van der Waals surface area contributed by atoms with E-state index in [0.717, 1.165) is 5.56 Å². The van der Waals surface area contributed by atoms with Crippen LogP contribution in [0.4, 0.5) is 0 Å². The van der Waals surface area contributed by atoms with Crippen molar-refractivity contribution in [2.75, 3.05) is 13.7 Å². The molecular formula is C35H43ClN2O8. The van der Waals surface area contributed by atoms with Gasteiger partial charge < -0.3 is 29.6 Å². The number of hydrogen-bond donors (Lipinski definition) is 2. The largest absolute Gasteiger partial charge is 0.495 e. The molecule has 2 N–H and O–H groups in total. The van der Waals surface area contributed by atoms with Crippen LogP contribution in [0.2, 0.25) is 5.02 Å². The van der Waals surface area contributed by atoms with E-state index in [4.69, 9.17) is 30.5 Å². The molecular weight excluding hydrogens is 612 g/mol. The molecule has 0 unspecified atom stereocenters. The summed E-state index contributed by atoms with van der Waals surface area (Å²) in [6.07, 6.45) is 1.40. The van der Waals surface area contributed by atoms with Crippen LogP contribution in [0.1, 0.15) is 57.8 Å². The lowest BCUT2D eigenvalue weighted by atomic mass is 9.93. The SMILES string of the molecule is COc1ccc(C[C@H]2NC(=O)C=CC[C@@H]([C@H](C)[C@@H]3O[C@H]3c3ccccc3)OC(=O)[C@H](CC(C)C)OC(=O)[C@H](C)CNC2=O)cc1Cl. The molecule has 2 aromatic rings. The number of carbonyl (C=O) groups excluding carboxylic acids is 4. The fourth-order valence-corrected chi connectivity index (χ4v) is 5.67. The van der Waals surface area contributed by atoms with E-state index < -0.39 is 47.9 Å². The minimum Gasteiger partial charge on any atom is -0.495 e. The van der Waals surface area contributed by atoms with Crippen LogP contribution in [0.25, 0.3) is 0 Å². The third-order valence-electron chi connectivity index (χ3n) is 8.14. The molecule has 11 heteroatoms. The molecule has 1 fully saturated rings. The average Bonchev–Trinajstić information content (AvgIpc) is 3.83. The van der Waals surface area contributed by atoms with Crippen LogP contribution < -0.4 is 15.4 Å². The van der Waals surface area contributed by atoms with Crippen molar-refractivity contribution in [3.63, 3.8) is 0 Å². The predicted octanol–water partition coefficient (Wildman–Crippen LogP) is 4.73. The van der Waals surface area contributed by atoms with Crippen LogP contribution in [-0.2, 0) is 39.8 Å². The van der Waals surface area contributed by atoms with Gasteiger partial charge in [-0.15, -0.1) is 0 Å². The van der Waals surface area contributed by atoms with Gasteiger partial charge in [0.25, 0.3) is 0 Å². The van der Waals surface area contributed by atoms with E-state index in [2.05, 4.69) is 10.6 Å². The van der Waals surface area contributed by atoms with Crippen molar-refractivity contribution in [2.45, 2.75) is 77.4 Å². The molecule has 0 bridgehead atoms. The molecule has 4 rings (SSSR count). The summed E-state index contributed by atoms with van der Waals surface area (Å²) < 4.78 is 22.9. The summed E-state index contributed by atoms with van der Waals surface area (Å²) in [7, 11) is 1.51. The quantitative estimate of drug-likeness (QED) is 0.308. The first-order valence-electron chi connectivity index (χ1n) is 15.6. The van der Waals surface area contributed by atoms with Gasteiger partial charge in [0.2, 0.25) is 11.8 Å². The molecule has 0 aliphatic carbocycles. The summed E-state index contributed by atoms with van der Waals surface area (Å²) in [4.78, 5) is 52.9. The molecule has 7 atom stereocenters. The smallest absolute Gasteiger partial charge is 0.347 e. The third-order valence-corrected chi connectivity index (χ3v) is 8.44. The van der Waals surface area contributed by atoms with E-state index in [0.29, 0.717) is 16.3 Å². The highest BCUT2D eigenvalue weighted by Crippen LogP contribution is 2.45. The molecule has 2 amide bonds. The summed E-state index contributed by atoms with van der Waals surface area (Å²) >= 11 is 6.30. The lowest BCUT2D eigenvalue weighted by Crippen LogP contribution is -2.49. The molecule has 1 saturated heterocycles. The van der Waals surface area contributed by atoms with E-state index >= 15 is 0 Å². The maximum atomic E-state index is 13.5. The van der Waals surface area contributed by atoms with Gasteiger partial charge in [-0.2, -0.15) is 0 Å². The molecule has 2 heterocycles. The molecule has 46 heavy (non-hydrogen) atoms. The van der Waals surface area contributed by atoms with Crippen molar-refractivity contribution in [1.29, 1.82) is 0 Å². The lowest BCUT2D eigenvalue weighted by molar-refractivity contribution is -0.176. The normalized spacial score (nSPS) is 26.8. The Labute approximate surface area is 275 Å². The maximum absolute atomic E-state index is 13.5. The number of nitrogens with one attached hydrogen (secondary N) is 2. The Morgan fingerprint density at radius 2 is 1.74 bits per heavy atom. The van der Waals surface area contributed by atoms with Gasteiger partial charge in [-0.1, -0.05) is 81.8 Å². The summed E-state index contributed by atoms with van der Waals surface area (Å²) in [5, 5.41) is 5.86. The van der Waals surface area contributed by atoms with Gasteiger partial charge in [-0.25, -0.2) is 4.79 Å². The molecule has 2 aliphatic rings. The third kappa shape index (κ3) is 9.56. The predicted molar refractivity (Wildman–Crippen MR) is 172 cm³/mol. The van der Waals surface area contributed by atoms with E-state index in [1.54, 1.807) is 31.2 Å². The van der Waals surface area contributed by atoms with Gasteiger partial charge in [0.1, 0.15) is 24.0 Å². The Bertz CT molecular complexity index is 1410. The molecule has 2 aromatic carbocycles. The number of ether oxygens (including phenoxy) is 4. The Balaban J connectivity index is 1.58. The van der Waals surface area contributed by atoms with Gasteiger partial charge in [-0.05, 0) is 41.7 Å². The van der Waals surface area contributed by atoms with E-state index in [1.165, 1.54) is 13.2 Å². The Morgan fingerprint density at radius 3 is 2.41 bits per heavy atom. The number of carbonyl (C=O) groups is 4. The fraction of sp³-hybridized carbons (Fsp3) is 0.486. The zero-order chi connectivity index (χ0) is 33.4. The summed E-state index contributed by atoms with van der Waals surface area (Å²) in [5.41, 5.74) is 1.73. The Morgan fingerprint density at radius 1 is 1.00 bits per heavy atom. The van der Waals surface area contributed by atoms with Gasteiger partial charge in [0.05, 0.1) is 24.2 Å². The topological polar surface area (TPSA) is 133 Å². The number of rotatable bonds is 8. The number of benzene rings is 2. The summed E-state index contributed by atoms with van der Waals surface area (Å²) in [6, 6.07) is 13.9. The van der Waals surface area contributed by atoms with Crippen molar-refractivity contribution in [1.82, 2.24) is 10.6 Å². The minimum absolute atomic E-state index is 0.0341. The number of esters is 2. The van der Waals surface area contributed by atoms with Crippen molar-refractivity contribution < 1.29 is 38.1 Å². The maximum Gasteiger partial charge on any atom is 0.347 e. The number of amides is 2. The standard InChI is InChI=1S/C35H43ClN2O8/c1-20(2)16-29-35(42)44-27(22(4)31-32(46-31)24-10-7-6-8-11-24)12-9-13-30(39)38-26(33(40)37-19-21(3)34(41)45-29)18-23-14-15-28(43-5)25(36)17-23/h6-11,13-15,17,20-22,26-27,29,31-32H,12,16,18-19H2,1-5H3,(H,37,40)(H,38,39)/t21-,22+,26-,27+,29+,31+,32+/m1/s1. The van der Waals surface area contributed by atoms with Crippen LogP contribution in [0, 0.1) is 17.8 Å². The van der Waals surface area contributed by atoms with E-state index in [-0.39, 0.29) is 49.9 Å². The molecule has 0 aromatic heterocycles. The Kier molecular flexibility index (Phi) is 12.2. The van der Waals surface area contributed by atoms with Crippen molar-refractivity contribution >= 4 is 35.4 Å². The number of epoxide rings is 1. The van der Waals surface area contributed by atoms with Crippen LogP contribution >= 0.6 is 11.6 Å². The molecule has 0 spiro atoms. The van der Waals surface area contributed by atoms with Crippen LogP contribution in [-0.4, -0.2) is 61.8 Å². The van der Waals surface area contributed by atoms with Crippen LogP contribution in [0.5, 0.6) is 5.75 Å². The van der Waals surface area contributed by atoms with Crippen LogP contribution in [0.15, 0.2) is 60.7 Å². The summed E-state index contributed by atoms with van der Waals surface area (Å²) in [5.74, 6) is -2.78. The second kappa shape index (κ2) is 16.1. The molecule has 248 valence electrons. The van der Waals surface area contributed by atoms with E-state index in [1.807, 2.05) is 51.1 Å². The second-order valence-corrected chi connectivity index (χ2v) is 12.7. The number of halogens is 1. The van der Waals surface area contributed by atoms with Crippen molar-refractivity contribution in [3.8, 4) is 5.75 Å². The Hall–Kier alpha value is -3.89. The van der Waals surface area contributed by atoms with Gasteiger partial charge in [0.15, 0.2) is 6.10 Å². The first-order chi connectivity index (χ1) is 22.0. The molecule has 0 saturated carbocycles. The molecule has 10 nitrogen and oxygen atoms in total. The molecule has 0 radical (unpaired) electrons. The highest BCUT2D eigenvalue weighted by atomic mass is 35.5. The second-order valence-electron chi connectivity index (χ2n) is 12.3. The number of cyclic esters (lactones) is 2. The fourth-order valence-electron chi connectivity index (χ4n) is 5.39. The zero-order valence-corrected chi connectivity index (χ0v) is 27.6. The number of hydrogen-bond acceptors (Lipinski definition) is 8. The minimum atomic E-state index is -1.13. The van der Waals surface area contributed by atoms with Gasteiger partial charge in [0, 0.05) is 25.3 Å². The van der Waals surface area contributed by atoms with Crippen molar-refractivity contribution in [3.05, 3.63) is 76.8 Å². The van der Waals surface area contributed by atoms with E-state index in [9.17, 15) is 19.2 Å². The summed E-state index contributed by atoms with van der Waals surface area (Å²) in [6.45, 7) is 7.31. The van der Waals surface area contributed by atoms with Crippen LogP contribution in [0.3, 0.4) is 0 Å². The first kappa shape index (κ1) is 35.0. The van der Waals surface area contributed by atoms with Gasteiger partial charge >= 0.3 is 11.9 Å². The monoisotopic (exact) mass is 654 g/mol. The highest BCUT2D eigenvalue weighted by Gasteiger charge is 2.47. The van der Waals surface area contributed by atoms with Crippen molar-refractivity contribution in [2.24, 2.45) is 17.8 Å². The zero-order valence-electron chi connectivity index (χ0n) is 26.9. The lowest BCUT2D eigenvalue weighted by Gasteiger charge is -2.27. The number of methoxy groups -OCH3 is 1. The average molecular weight is 655 g/mol.